The summed E-state index contributed by atoms with van der Waals surface area (Å²) in [4.78, 5) is -0.252. The fraction of sp³-hybridized carbons (Fsp3) is 0. The van der Waals surface area contributed by atoms with Crippen LogP contribution in [0.5, 0.6) is 0 Å². The zero-order valence-corrected chi connectivity index (χ0v) is 23.1. The van der Waals surface area contributed by atoms with Gasteiger partial charge < -0.3 is 0 Å². The molecule has 202 valence electrons. The van der Waals surface area contributed by atoms with Crippen LogP contribution in [0.4, 0.5) is 0 Å². The Labute approximate surface area is 232 Å². The summed E-state index contributed by atoms with van der Waals surface area (Å²) < 4.78 is 89.8. The highest BCUT2D eigenvalue weighted by Gasteiger charge is 2.30. The van der Waals surface area contributed by atoms with E-state index in [2.05, 4.69) is 13.5 Å². The summed E-state index contributed by atoms with van der Waals surface area (Å²) in [5.41, 5.74) is -0.135. The Balaban J connectivity index is 1.74. The molecule has 0 saturated heterocycles. The van der Waals surface area contributed by atoms with Crippen LogP contribution < -0.4 is 4.72 Å². The van der Waals surface area contributed by atoms with Gasteiger partial charge >= 0.3 is 0 Å². The second-order valence-corrected chi connectivity index (χ2v) is 13.4. The number of fused-ring (bicyclic) bond motifs is 1. The fourth-order valence-corrected chi connectivity index (χ4v) is 7.07. The van der Waals surface area contributed by atoms with E-state index >= 15 is 0 Å². The highest BCUT2D eigenvalue weighted by Crippen LogP contribution is 2.27. The van der Waals surface area contributed by atoms with Crippen LogP contribution in [0.2, 0.25) is 0 Å². The first-order valence-corrected chi connectivity index (χ1v) is 16.1. The van der Waals surface area contributed by atoms with Crippen molar-refractivity contribution in [1.82, 2.24) is 4.72 Å². The lowest BCUT2D eigenvalue weighted by Crippen LogP contribution is -2.32. The first-order valence-electron chi connectivity index (χ1n) is 11.8. The van der Waals surface area contributed by atoms with Gasteiger partial charge in [-0.05, 0) is 42.5 Å². The standard InChI is InChI=1S/C28H21N3O6S3/c32-38(33,21-12-4-1-5-13-21)29-26-20-27(30-39(34,35)22-14-6-2-7-15-22)28(25-19-11-10-18-24(25)26)31-40(36,37)23-16-8-3-9-17-23/h1-20,30H. The summed E-state index contributed by atoms with van der Waals surface area (Å²) >= 11 is 0. The van der Waals surface area contributed by atoms with Crippen molar-refractivity contribution in [2.24, 2.45) is 8.80 Å². The van der Waals surface area contributed by atoms with Gasteiger partial charge in [0.25, 0.3) is 30.1 Å². The number of sulfonamides is 3. The summed E-state index contributed by atoms with van der Waals surface area (Å²) in [6.07, 6.45) is 1.17. The van der Waals surface area contributed by atoms with E-state index in [9.17, 15) is 25.3 Å². The molecule has 1 N–H and O–H groups in total. The lowest BCUT2D eigenvalue weighted by molar-refractivity contribution is 0.588. The minimum Gasteiger partial charge on any atom is -0.277 e. The smallest absolute Gasteiger partial charge is 0.277 e. The van der Waals surface area contributed by atoms with Crippen LogP contribution in [0.15, 0.2) is 151 Å². The zero-order chi connectivity index (χ0) is 28.4. The van der Waals surface area contributed by atoms with E-state index in [4.69, 9.17) is 0 Å². The molecule has 5 rings (SSSR count). The molecular formula is C28H21N3O6S3. The van der Waals surface area contributed by atoms with Gasteiger partial charge in [0.05, 0.1) is 26.1 Å². The maximum atomic E-state index is 13.3. The molecule has 0 saturated carbocycles. The van der Waals surface area contributed by atoms with Crippen LogP contribution in [0, 0.1) is 0 Å². The Morgan fingerprint density at radius 1 is 0.475 bits per heavy atom. The van der Waals surface area contributed by atoms with Crippen LogP contribution in [0.1, 0.15) is 11.1 Å². The third kappa shape index (κ3) is 5.64. The third-order valence-corrected chi connectivity index (χ3v) is 9.78. The van der Waals surface area contributed by atoms with Crippen LogP contribution in [-0.2, 0) is 30.1 Å². The highest BCUT2D eigenvalue weighted by atomic mass is 32.2. The zero-order valence-electron chi connectivity index (χ0n) is 20.6. The van der Waals surface area contributed by atoms with Crippen molar-refractivity contribution < 1.29 is 25.3 Å². The van der Waals surface area contributed by atoms with Gasteiger partial charge in [0.1, 0.15) is 5.71 Å². The van der Waals surface area contributed by atoms with Crippen LogP contribution in [0.25, 0.3) is 0 Å². The van der Waals surface area contributed by atoms with Gasteiger partial charge in [0.2, 0.25) is 0 Å². The second-order valence-electron chi connectivity index (χ2n) is 8.51. The van der Waals surface area contributed by atoms with Gasteiger partial charge in [-0.3, -0.25) is 4.72 Å². The lowest BCUT2D eigenvalue weighted by Gasteiger charge is -2.22. The molecule has 0 atom stereocenters. The van der Waals surface area contributed by atoms with E-state index in [1.165, 1.54) is 72.8 Å². The molecule has 12 heteroatoms. The summed E-state index contributed by atoms with van der Waals surface area (Å²) in [5, 5.41) is 0. The monoisotopic (exact) mass is 591 g/mol. The Hall–Kier alpha value is -4.39. The van der Waals surface area contributed by atoms with E-state index in [1.54, 1.807) is 48.5 Å². The molecule has 0 aromatic heterocycles. The number of nitrogens with one attached hydrogen (secondary N) is 1. The molecule has 0 unspecified atom stereocenters. The quantitative estimate of drug-likeness (QED) is 0.346. The highest BCUT2D eigenvalue weighted by molar-refractivity contribution is 7.91. The Morgan fingerprint density at radius 2 is 0.900 bits per heavy atom. The number of hydrogen-bond donors (Lipinski definition) is 1. The van der Waals surface area contributed by atoms with Crippen molar-refractivity contribution in [1.29, 1.82) is 0 Å². The normalized spacial score (nSPS) is 15.8. The average Bonchev–Trinajstić information content (AvgIpc) is 2.96. The molecule has 0 fully saturated rings. The van der Waals surface area contributed by atoms with E-state index in [1.807, 2.05) is 0 Å². The van der Waals surface area contributed by atoms with E-state index in [0.717, 1.165) is 0 Å². The third-order valence-electron chi connectivity index (χ3n) is 5.80. The van der Waals surface area contributed by atoms with Crippen molar-refractivity contribution in [3.05, 3.63) is 138 Å². The van der Waals surface area contributed by atoms with Crippen molar-refractivity contribution in [3.8, 4) is 0 Å². The van der Waals surface area contributed by atoms with Crippen LogP contribution >= 0.6 is 0 Å². The number of hydrogen-bond acceptors (Lipinski definition) is 6. The number of allylic oxidation sites excluding steroid dienone is 2. The number of rotatable bonds is 7. The molecule has 0 aliphatic heterocycles. The molecule has 0 radical (unpaired) electrons. The minimum absolute atomic E-state index is 0.0640. The van der Waals surface area contributed by atoms with Gasteiger partial charge in [-0.2, -0.15) is 25.6 Å². The SMILES string of the molecule is O=S(=O)(N=C1C=C(NS(=O)(=O)c2ccccc2)C(=NS(=O)(=O)c2ccccc2)c2ccccc21)c1ccccc1. The first-order chi connectivity index (χ1) is 19.1. The molecule has 0 spiro atoms. The molecule has 0 heterocycles. The predicted octanol–water partition coefficient (Wildman–Crippen LogP) is 3.92. The largest absolute Gasteiger partial charge is 0.282 e. The van der Waals surface area contributed by atoms with E-state index in [-0.39, 0.29) is 42.9 Å². The molecule has 4 aromatic rings. The first kappa shape index (κ1) is 27.2. The molecule has 0 bridgehead atoms. The van der Waals surface area contributed by atoms with Gasteiger partial charge in [0.15, 0.2) is 0 Å². The molecule has 1 aliphatic carbocycles. The predicted molar refractivity (Wildman–Crippen MR) is 152 cm³/mol. The summed E-state index contributed by atoms with van der Waals surface area (Å²) in [7, 11) is -12.7. The summed E-state index contributed by atoms with van der Waals surface area (Å²) in [6.45, 7) is 0. The summed E-state index contributed by atoms with van der Waals surface area (Å²) in [5.74, 6) is 0. The van der Waals surface area contributed by atoms with Gasteiger partial charge in [0, 0.05) is 11.1 Å². The van der Waals surface area contributed by atoms with Gasteiger partial charge in [-0.15, -0.1) is 0 Å². The van der Waals surface area contributed by atoms with Gasteiger partial charge in [-0.1, -0.05) is 78.9 Å². The fourth-order valence-electron chi connectivity index (χ4n) is 3.94. The van der Waals surface area contributed by atoms with Crippen LogP contribution in [-0.4, -0.2) is 36.7 Å². The van der Waals surface area contributed by atoms with Gasteiger partial charge in [-0.25, -0.2) is 8.42 Å². The Kier molecular flexibility index (Phi) is 7.23. The Morgan fingerprint density at radius 3 is 1.43 bits per heavy atom. The molecule has 0 amide bonds. The van der Waals surface area contributed by atoms with Crippen molar-refractivity contribution in [2.75, 3.05) is 0 Å². The van der Waals surface area contributed by atoms with E-state index < -0.39 is 30.1 Å². The molecule has 40 heavy (non-hydrogen) atoms. The lowest BCUT2D eigenvalue weighted by atomic mass is 9.92. The Bertz CT molecular complexity index is 1990. The second kappa shape index (κ2) is 10.6. The molecule has 1 aliphatic rings. The molecule has 4 aromatic carbocycles. The molecular weight excluding hydrogens is 571 g/mol. The maximum Gasteiger partial charge on any atom is 0.282 e. The van der Waals surface area contributed by atoms with Crippen LogP contribution in [0.3, 0.4) is 0 Å². The summed E-state index contributed by atoms with van der Waals surface area (Å²) in [6, 6.07) is 28.7. The number of benzene rings is 4. The maximum absolute atomic E-state index is 13.3. The minimum atomic E-state index is -4.30. The van der Waals surface area contributed by atoms with Crippen molar-refractivity contribution in [3.63, 3.8) is 0 Å². The average molecular weight is 592 g/mol. The van der Waals surface area contributed by atoms with Crippen molar-refractivity contribution >= 4 is 41.5 Å². The number of nitrogens with zero attached hydrogens (tertiary/aromatic N) is 2. The van der Waals surface area contributed by atoms with Crippen molar-refractivity contribution in [2.45, 2.75) is 14.7 Å². The molecule has 9 nitrogen and oxygen atoms in total. The topological polar surface area (TPSA) is 139 Å². The van der Waals surface area contributed by atoms with E-state index in [0.29, 0.717) is 0 Å².